The van der Waals surface area contributed by atoms with Crippen molar-refractivity contribution >= 4 is 11.8 Å². The van der Waals surface area contributed by atoms with Gasteiger partial charge in [-0.1, -0.05) is 25.9 Å². The number of aromatic nitrogens is 1. The lowest BCUT2D eigenvalue weighted by Gasteiger charge is -2.12. The molecule has 2 N–H and O–H groups in total. The fourth-order valence-electron chi connectivity index (χ4n) is 0.890. The molecule has 1 heterocycles. The van der Waals surface area contributed by atoms with E-state index in [2.05, 4.69) is 5.16 Å². The van der Waals surface area contributed by atoms with E-state index in [1.807, 2.05) is 20.8 Å². The van der Waals surface area contributed by atoms with Gasteiger partial charge in [0.15, 0.2) is 5.82 Å². The van der Waals surface area contributed by atoms with Crippen LogP contribution in [0.4, 0.5) is 10.6 Å². The van der Waals surface area contributed by atoms with Crippen LogP contribution >= 0.6 is 0 Å². The van der Waals surface area contributed by atoms with Crippen LogP contribution in [0.2, 0.25) is 0 Å². The summed E-state index contributed by atoms with van der Waals surface area (Å²) in [7, 11) is 1.55. The quantitative estimate of drug-likeness (QED) is 0.741. The molecule has 14 heavy (non-hydrogen) atoms. The average molecular weight is 197 g/mol. The van der Waals surface area contributed by atoms with Crippen molar-refractivity contribution < 1.29 is 9.32 Å². The van der Waals surface area contributed by atoms with E-state index in [0.29, 0.717) is 5.82 Å². The topological polar surface area (TPSA) is 72.4 Å². The number of urea groups is 1. The Balaban J connectivity index is 2.94. The predicted octanol–water partition coefficient (Wildman–Crippen LogP) is 1.49. The first kappa shape index (κ1) is 10.6. The van der Waals surface area contributed by atoms with Gasteiger partial charge in [-0.2, -0.15) is 0 Å². The molecular formula is C9H15N3O2. The number of carbonyl (C=O) groups excluding carboxylic acids is 1. The number of rotatable bonds is 1. The largest absolute Gasteiger partial charge is 0.359 e. The molecule has 2 amide bonds. The fourth-order valence-corrected chi connectivity index (χ4v) is 0.890. The molecule has 0 unspecified atom stereocenters. The lowest BCUT2D eigenvalue weighted by molar-refractivity contribution is 0.254. The van der Waals surface area contributed by atoms with E-state index in [1.54, 1.807) is 13.1 Å². The molecule has 0 radical (unpaired) electrons. The van der Waals surface area contributed by atoms with E-state index in [4.69, 9.17) is 10.3 Å². The monoisotopic (exact) mass is 197 g/mol. The Labute approximate surface area is 82.8 Å². The molecule has 0 aliphatic rings. The molecule has 5 heteroatoms. The minimum absolute atomic E-state index is 0.121. The van der Waals surface area contributed by atoms with Crippen molar-refractivity contribution in [1.82, 2.24) is 5.16 Å². The molecule has 78 valence electrons. The van der Waals surface area contributed by atoms with Crippen molar-refractivity contribution in [3.8, 4) is 0 Å². The summed E-state index contributed by atoms with van der Waals surface area (Å²) in [5.74, 6) is 1.16. The summed E-state index contributed by atoms with van der Waals surface area (Å²) in [4.78, 5) is 12.1. The molecule has 0 aliphatic carbocycles. The summed E-state index contributed by atoms with van der Waals surface area (Å²) in [6.45, 7) is 6.00. The van der Waals surface area contributed by atoms with E-state index in [9.17, 15) is 4.79 Å². The van der Waals surface area contributed by atoms with Crippen LogP contribution in [0.15, 0.2) is 10.6 Å². The number of hydrogen-bond acceptors (Lipinski definition) is 3. The van der Waals surface area contributed by atoms with Crippen molar-refractivity contribution in [2.75, 3.05) is 11.9 Å². The molecule has 0 saturated heterocycles. The van der Waals surface area contributed by atoms with Gasteiger partial charge in [0.05, 0.1) is 0 Å². The summed E-state index contributed by atoms with van der Waals surface area (Å²) in [6, 6.07) is 1.16. The number of hydrogen-bond donors (Lipinski definition) is 1. The van der Waals surface area contributed by atoms with Gasteiger partial charge in [0, 0.05) is 18.5 Å². The van der Waals surface area contributed by atoms with Crippen molar-refractivity contribution in [1.29, 1.82) is 0 Å². The Hall–Kier alpha value is -1.52. The van der Waals surface area contributed by atoms with Gasteiger partial charge in [-0.25, -0.2) is 4.79 Å². The summed E-state index contributed by atoms with van der Waals surface area (Å²) < 4.78 is 5.10. The SMILES string of the molecule is CN(C(N)=O)c1cc(C(C)(C)C)on1. The zero-order valence-corrected chi connectivity index (χ0v) is 8.87. The molecule has 0 saturated carbocycles. The Morgan fingerprint density at radius 2 is 2.14 bits per heavy atom. The number of nitrogens with two attached hydrogens (primary N) is 1. The predicted molar refractivity (Wildman–Crippen MR) is 53.2 cm³/mol. The molecule has 1 rings (SSSR count). The second-order valence-corrected chi connectivity index (χ2v) is 4.20. The molecule has 1 aromatic rings. The summed E-state index contributed by atoms with van der Waals surface area (Å²) in [5.41, 5.74) is 4.97. The van der Waals surface area contributed by atoms with Gasteiger partial charge in [0.1, 0.15) is 5.76 Å². The third kappa shape index (κ3) is 2.04. The molecule has 1 aromatic heterocycles. The van der Waals surface area contributed by atoms with Gasteiger partial charge in [-0.3, -0.25) is 4.90 Å². The normalized spacial score (nSPS) is 11.4. The first-order valence-electron chi connectivity index (χ1n) is 4.32. The minimum atomic E-state index is -0.557. The molecule has 5 nitrogen and oxygen atoms in total. The van der Waals surface area contributed by atoms with Crippen LogP contribution in [0.1, 0.15) is 26.5 Å². The highest BCUT2D eigenvalue weighted by molar-refractivity contribution is 5.88. The number of anilines is 1. The van der Waals surface area contributed by atoms with Crippen molar-refractivity contribution in [3.63, 3.8) is 0 Å². The maximum Gasteiger partial charge on any atom is 0.320 e. The van der Waals surface area contributed by atoms with Gasteiger partial charge in [-0.15, -0.1) is 0 Å². The van der Waals surface area contributed by atoms with Crippen molar-refractivity contribution in [3.05, 3.63) is 11.8 Å². The highest BCUT2D eigenvalue weighted by atomic mass is 16.5. The van der Waals surface area contributed by atoms with E-state index in [-0.39, 0.29) is 5.41 Å². The molecular weight excluding hydrogens is 182 g/mol. The first-order chi connectivity index (χ1) is 6.32. The summed E-state index contributed by atoms with van der Waals surface area (Å²) in [6.07, 6.45) is 0. The highest BCUT2D eigenvalue weighted by Gasteiger charge is 2.21. The number of carbonyl (C=O) groups is 1. The third-order valence-electron chi connectivity index (χ3n) is 1.91. The second-order valence-electron chi connectivity index (χ2n) is 4.20. The van der Waals surface area contributed by atoms with Crippen LogP contribution in [-0.2, 0) is 5.41 Å². The maximum absolute atomic E-state index is 10.8. The third-order valence-corrected chi connectivity index (χ3v) is 1.91. The van der Waals surface area contributed by atoms with Crippen LogP contribution in [-0.4, -0.2) is 18.2 Å². The Morgan fingerprint density at radius 1 is 1.57 bits per heavy atom. The van der Waals surface area contributed by atoms with Crippen molar-refractivity contribution in [2.24, 2.45) is 5.73 Å². The second kappa shape index (κ2) is 3.32. The zero-order chi connectivity index (χ0) is 10.9. The van der Waals surface area contributed by atoms with E-state index >= 15 is 0 Å². The Morgan fingerprint density at radius 3 is 2.50 bits per heavy atom. The van der Waals surface area contributed by atoms with Gasteiger partial charge in [-0.05, 0) is 0 Å². The zero-order valence-electron chi connectivity index (χ0n) is 8.87. The number of amides is 2. The van der Waals surface area contributed by atoms with E-state index in [1.165, 1.54) is 4.90 Å². The molecule has 0 fully saturated rings. The van der Waals surface area contributed by atoms with Gasteiger partial charge >= 0.3 is 6.03 Å². The molecule has 0 atom stereocenters. The first-order valence-corrected chi connectivity index (χ1v) is 4.32. The number of nitrogens with zero attached hydrogens (tertiary/aromatic N) is 2. The minimum Gasteiger partial charge on any atom is -0.359 e. The smallest absolute Gasteiger partial charge is 0.320 e. The number of primary amides is 1. The Kier molecular flexibility index (Phi) is 2.51. The molecule has 0 spiro atoms. The van der Waals surface area contributed by atoms with Crippen LogP contribution in [0.3, 0.4) is 0 Å². The lowest BCUT2D eigenvalue weighted by Crippen LogP contribution is -2.31. The molecule has 0 aromatic carbocycles. The molecule has 0 aliphatic heterocycles. The highest BCUT2D eigenvalue weighted by Crippen LogP contribution is 2.25. The van der Waals surface area contributed by atoms with Crippen LogP contribution in [0.25, 0.3) is 0 Å². The summed E-state index contributed by atoms with van der Waals surface area (Å²) in [5, 5.41) is 3.75. The van der Waals surface area contributed by atoms with Gasteiger partial charge < -0.3 is 10.3 Å². The van der Waals surface area contributed by atoms with Gasteiger partial charge in [0.25, 0.3) is 0 Å². The molecule has 0 bridgehead atoms. The average Bonchev–Trinajstić information content (AvgIpc) is 2.49. The maximum atomic E-state index is 10.8. The summed E-state index contributed by atoms with van der Waals surface area (Å²) >= 11 is 0. The van der Waals surface area contributed by atoms with Gasteiger partial charge in [0.2, 0.25) is 0 Å². The van der Waals surface area contributed by atoms with Crippen LogP contribution in [0.5, 0.6) is 0 Å². The van der Waals surface area contributed by atoms with E-state index in [0.717, 1.165) is 5.76 Å². The fraction of sp³-hybridized carbons (Fsp3) is 0.556. The lowest BCUT2D eigenvalue weighted by atomic mass is 9.93. The van der Waals surface area contributed by atoms with Crippen LogP contribution < -0.4 is 10.6 Å². The Bertz CT molecular complexity index is 338. The van der Waals surface area contributed by atoms with Crippen LogP contribution in [0, 0.1) is 0 Å². The van der Waals surface area contributed by atoms with Crippen molar-refractivity contribution in [2.45, 2.75) is 26.2 Å². The van der Waals surface area contributed by atoms with E-state index < -0.39 is 6.03 Å². The standard InChI is InChI=1S/C9H15N3O2/c1-9(2,3)6-5-7(11-14-6)12(4)8(10)13/h5H,1-4H3,(H2,10,13).